The van der Waals surface area contributed by atoms with Crippen molar-refractivity contribution in [3.63, 3.8) is 0 Å². The molecule has 1 aromatic rings. The smallest absolute Gasteiger partial charge is 0.407 e. The van der Waals surface area contributed by atoms with Crippen LogP contribution < -0.4 is 5.32 Å². The summed E-state index contributed by atoms with van der Waals surface area (Å²) in [6.45, 7) is 16.1. The van der Waals surface area contributed by atoms with Crippen LogP contribution in [0.2, 0.25) is 18.1 Å². The Balaban J connectivity index is 2.49. The number of carbonyl (C=O) groups is 1. The maximum absolute atomic E-state index is 12.1. The van der Waals surface area contributed by atoms with Crippen LogP contribution in [0.1, 0.15) is 40.2 Å². The van der Waals surface area contributed by atoms with Gasteiger partial charge in [0.25, 0.3) is 0 Å². The van der Waals surface area contributed by atoms with Crippen LogP contribution in [0.15, 0.2) is 42.5 Å². The molecule has 0 heterocycles. The molecule has 146 valence electrons. The first kappa shape index (κ1) is 22.4. The van der Waals surface area contributed by atoms with Gasteiger partial charge in [-0.2, -0.15) is 0 Å². The van der Waals surface area contributed by atoms with E-state index in [9.17, 15) is 4.79 Å². The van der Waals surface area contributed by atoms with Crippen molar-refractivity contribution in [1.82, 2.24) is 5.32 Å². The first-order chi connectivity index (χ1) is 12.0. The van der Waals surface area contributed by atoms with E-state index in [1.54, 1.807) is 0 Å². The predicted octanol–water partition coefficient (Wildman–Crippen LogP) is 5.52. The minimum atomic E-state index is -1.75. The molecule has 1 atom stereocenters. The summed E-state index contributed by atoms with van der Waals surface area (Å²) in [5.41, 5.74) is 0.974. The summed E-state index contributed by atoms with van der Waals surface area (Å²) in [5.74, 6) is 0.267. The monoisotopic (exact) mass is 377 g/mol. The number of alkyl carbamates (subject to hydrolysis) is 1. The average molecular weight is 378 g/mol. The second kappa shape index (κ2) is 9.93. The lowest BCUT2D eigenvalue weighted by Crippen LogP contribution is -2.41. The van der Waals surface area contributed by atoms with Crippen molar-refractivity contribution in [2.45, 2.75) is 65.4 Å². The molecule has 0 radical (unpaired) electrons. The summed E-state index contributed by atoms with van der Waals surface area (Å²) in [5, 5.41) is 3.11. The number of hydrogen-bond acceptors (Lipinski definition) is 3. The number of amides is 1. The molecule has 0 unspecified atom stereocenters. The first-order valence-electron chi connectivity index (χ1n) is 9.31. The second-order valence-electron chi connectivity index (χ2n) is 8.48. The normalized spacial score (nSPS) is 13.8. The number of ether oxygens (including phenoxy) is 1. The fourth-order valence-electron chi connectivity index (χ4n) is 2.01. The number of benzene rings is 1. The van der Waals surface area contributed by atoms with Crippen LogP contribution in [-0.4, -0.2) is 27.1 Å². The van der Waals surface area contributed by atoms with Gasteiger partial charge in [0.1, 0.15) is 6.61 Å². The van der Waals surface area contributed by atoms with E-state index in [1.807, 2.05) is 42.5 Å². The van der Waals surface area contributed by atoms with Gasteiger partial charge in [0.05, 0.1) is 12.6 Å². The highest BCUT2D eigenvalue weighted by molar-refractivity contribution is 6.74. The van der Waals surface area contributed by atoms with Crippen LogP contribution in [0.3, 0.4) is 0 Å². The van der Waals surface area contributed by atoms with Crippen LogP contribution in [0.5, 0.6) is 0 Å². The molecule has 1 N–H and O–H groups in total. The van der Waals surface area contributed by atoms with E-state index in [-0.39, 0.29) is 23.6 Å². The van der Waals surface area contributed by atoms with Crippen LogP contribution in [0.25, 0.3) is 0 Å². The van der Waals surface area contributed by atoms with E-state index in [4.69, 9.17) is 9.16 Å². The molecule has 0 spiro atoms. The van der Waals surface area contributed by atoms with Crippen LogP contribution in [-0.2, 0) is 15.8 Å². The Bertz CT molecular complexity index is 577. The van der Waals surface area contributed by atoms with Gasteiger partial charge in [-0.25, -0.2) is 4.79 Å². The molecule has 1 amide bonds. The Morgan fingerprint density at radius 1 is 1.19 bits per heavy atom. The first-order valence-corrected chi connectivity index (χ1v) is 12.2. The lowest BCUT2D eigenvalue weighted by Gasteiger charge is -2.35. The lowest BCUT2D eigenvalue weighted by atomic mass is 10.0. The quantitative estimate of drug-likeness (QED) is 0.479. The molecule has 0 saturated heterocycles. The van der Waals surface area contributed by atoms with Gasteiger partial charge in [-0.15, -0.1) is 0 Å². The van der Waals surface area contributed by atoms with Crippen molar-refractivity contribution >= 4 is 14.4 Å². The Kier molecular flexibility index (Phi) is 8.57. The molecular formula is C21H35NO3Si. The molecule has 0 aromatic heterocycles. The lowest BCUT2D eigenvalue weighted by molar-refractivity contribution is 0.135. The van der Waals surface area contributed by atoms with Crippen LogP contribution in [0, 0.1) is 5.92 Å². The maximum Gasteiger partial charge on any atom is 0.407 e. The predicted molar refractivity (Wildman–Crippen MR) is 111 cm³/mol. The molecule has 0 aliphatic rings. The van der Waals surface area contributed by atoms with Crippen LogP contribution >= 0.6 is 0 Å². The SMILES string of the molecule is CC(C)[C@@H](/C=C\CO[Si](C)(C)C(C)(C)C)NC(=O)OCc1ccccc1. The van der Waals surface area contributed by atoms with Gasteiger partial charge in [0, 0.05) is 0 Å². The van der Waals surface area contributed by atoms with E-state index in [0.29, 0.717) is 6.61 Å². The van der Waals surface area contributed by atoms with Crippen molar-refractivity contribution in [3.05, 3.63) is 48.0 Å². The van der Waals surface area contributed by atoms with E-state index >= 15 is 0 Å². The number of carbonyl (C=O) groups excluding carboxylic acids is 1. The summed E-state index contributed by atoms with van der Waals surface area (Å²) in [6, 6.07) is 9.59. The fourth-order valence-corrected chi connectivity index (χ4v) is 2.96. The zero-order valence-corrected chi connectivity index (χ0v) is 18.3. The van der Waals surface area contributed by atoms with E-state index < -0.39 is 14.4 Å². The molecular weight excluding hydrogens is 342 g/mol. The zero-order valence-electron chi connectivity index (χ0n) is 17.3. The third-order valence-electron chi connectivity index (χ3n) is 4.91. The van der Waals surface area contributed by atoms with Gasteiger partial charge < -0.3 is 14.5 Å². The van der Waals surface area contributed by atoms with E-state index in [1.165, 1.54) is 0 Å². The Morgan fingerprint density at radius 3 is 2.35 bits per heavy atom. The fraction of sp³-hybridized carbons (Fsp3) is 0.571. The van der Waals surface area contributed by atoms with Gasteiger partial charge in [-0.05, 0) is 29.6 Å². The molecule has 4 nitrogen and oxygen atoms in total. The average Bonchev–Trinajstić information content (AvgIpc) is 2.55. The Morgan fingerprint density at radius 2 is 1.81 bits per heavy atom. The summed E-state index contributed by atoms with van der Waals surface area (Å²) in [6.07, 6.45) is 3.60. The molecule has 0 fully saturated rings. The minimum Gasteiger partial charge on any atom is -0.445 e. The van der Waals surface area contributed by atoms with Gasteiger partial charge >= 0.3 is 6.09 Å². The highest BCUT2D eigenvalue weighted by Crippen LogP contribution is 2.36. The highest BCUT2D eigenvalue weighted by atomic mass is 28.4. The maximum atomic E-state index is 12.1. The standard InChI is InChI=1S/C21H35NO3Si/c1-17(2)19(14-11-15-25-26(6,7)21(3,4)5)22-20(23)24-16-18-12-9-8-10-13-18/h8-14,17,19H,15-16H2,1-7H3,(H,22,23)/b14-11-/t19-/m1/s1. The topological polar surface area (TPSA) is 47.6 Å². The van der Waals surface area contributed by atoms with Crippen molar-refractivity contribution in [1.29, 1.82) is 0 Å². The van der Waals surface area contributed by atoms with E-state index in [2.05, 4.69) is 53.0 Å². The Labute approximate surface area is 160 Å². The molecule has 26 heavy (non-hydrogen) atoms. The van der Waals surface area contributed by atoms with Crippen molar-refractivity contribution in [2.24, 2.45) is 5.92 Å². The van der Waals surface area contributed by atoms with Crippen molar-refractivity contribution in [2.75, 3.05) is 6.61 Å². The van der Waals surface area contributed by atoms with Crippen molar-refractivity contribution in [3.8, 4) is 0 Å². The number of hydrogen-bond donors (Lipinski definition) is 1. The second-order valence-corrected chi connectivity index (χ2v) is 13.3. The third-order valence-corrected chi connectivity index (χ3v) is 9.41. The minimum absolute atomic E-state index is 0.0821. The molecule has 0 bridgehead atoms. The summed E-state index contributed by atoms with van der Waals surface area (Å²) in [4.78, 5) is 12.1. The van der Waals surface area contributed by atoms with Gasteiger partial charge in [0.2, 0.25) is 0 Å². The number of rotatable bonds is 8. The largest absolute Gasteiger partial charge is 0.445 e. The van der Waals surface area contributed by atoms with Gasteiger partial charge in [-0.1, -0.05) is 77.1 Å². The zero-order chi connectivity index (χ0) is 19.8. The molecule has 0 saturated carbocycles. The molecule has 5 heteroatoms. The van der Waals surface area contributed by atoms with E-state index in [0.717, 1.165) is 5.56 Å². The van der Waals surface area contributed by atoms with Gasteiger partial charge in [-0.3, -0.25) is 0 Å². The summed E-state index contributed by atoms with van der Waals surface area (Å²) < 4.78 is 11.4. The molecule has 0 aliphatic carbocycles. The van der Waals surface area contributed by atoms with Gasteiger partial charge in [0.15, 0.2) is 8.32 Å². The highest BCUT2D eigenvalue weighted by Gasteiger charge is 2.36. The molecule has 0 aliphatic heterocycles. The van der Waals surface area contributed by atoms with Crippen LogP contribution in [0.4, 0.5) is 4.79 Å². The third kappa shape index (κ3) is 7.75. The number of nitrogens with one attached hydrogen (secondary N) is 1. The Hall–Kier alpha value is -1.59. The molecule has 1 aromatic carbocycles. The summed E-state index contributed by atoms with van der Waals surface area (Å²) in [7, 11) is -1.75. The van der Waals surface area contributed by atoms with Crippen molar-refractivity contribution < 1.29 is 14.0 Å². The summed E-state index contributed by atoms with van der Waals surface area (Å²) >= 11 is 0. The molecule has 1 rings (SSSR count).